The number of hydrogen-bond donors (Lipinski definition) is 3. The molecule has 3 rings (SSSR count). The summed E-state index contributed by atoms with van der Waals surface area (Å²) in [4.78, 5) is 46.1. The van der Waals surface area contributed by atoms with Gasteiger partial charge in [-0.05, 0) is 37.5 Å². The summed E-state index contributed by atoms with van der Waals surface area (Å²) in [6, 6.07) is 27.2. The molecule has 0 aliphatic carbocycles. The van der Waals surface area contributed by atoms with Crippen LogP contribution in [0.3, 0.4) is 0 Å². The molecule has 0 heterocycles. The highest BCUT2D eigenvalue weighted by atomic mass is 16.6. The van der Waals surface area contributed by atoms with Crippen molar-refractivity contribution in [1.82, 2.24) is 16.2 Å². The highest BCUT2D eigenvalue weighted by Gasteiger charge is 2.22. The Balaban J connectivity index is 0.000000295. The molecular formula is C31H37N3O8. The molecule has 0 radical (unpaired) electrons. The fourth-order valence-corrected chi connectivity index (χ4v) is 3.26. The van der Waals surface area contributed by atoms with E-state index in [9.17, 15) is 19.2 Å². The summed E-state index contributed by atoms with van der Waals surface area (Å²) in [6.07, 6.45) is -2.03. The van der Waals surface area contributed by atoms with Gasteiger partial charge in [0, 0.05) is 0 Å². The van der Waals surface area contributed by atoms with Gasteiger partial charge >= 0.3 is 24.2 Å². The fourth-order valence-electron chi connectivity index (χ4n) is 3.26. The molecule has 3 aromatic carbocycles. The number of amides is 3. The Hall–Kier alpha value is -5.06. The van der Waals surface area contributed by atoms with Crippen LogP contribution in [-0.2, 0) is 37.0 Å². The van der Waals surface area contributed by atoms with E-state index in [1.54, 1.807) is 20.8 Å². The topological polar surface area (TPSA) is 141 Å². The molecule has 0 fully saturated rings. The van der Waals surface area contributed by atoms with Crippen LogP contribution in [0.1, 0.15) is 49.9 Å². The van der Waals surface area contributed by atoms with E-state index in [0.717, 1.165) is 16.7 Å². The van der Waals surface area contributed by atoms with Crippen LogP contribution in [0, 0.1) is 0 Å². The first-order valence-corrected chi connectivity index (χ1v) is 13.1. The van der Waals surface area contributed by atoms with Crippen LogP contribution in [0.5, 0.6) is 0 Å². The van der Waals surface area contributed by atoms with E-state index in [1.165, 1.54) is 7.11 Å². The summed E-state index contributed by atoms with van der Waals surface area (Å²) in [6.45, 7) is 5.58. The van der Waals surface area contributed by atoms with Crippen molar-refractivity contribution >= 4 is 24.2 Å². The van der Waals surface area contributed by atoms with Crippen molar-refractivity contribution in [3.05, 3.63) is 108 Å². The number of carbonyl (C=O) groups excluding carboxylic acids is 4. The molecule has 0 aliphatic rings. The third-order valence-corrected chi connectivity index (χ3v) is 5.18. The minimum absolute atomic E-state index is 0.0553. The summed E-state index contributed by atoms with van der Waals surface area (Å²) >= 11 is 0. The normalized spacial score (nSPS) is 11.0. The molecule has 1 unspecified atom stereocenters. The Morgan fingerprint density at radius 3 is 1.50 bits per heavy atom. The van der Waals surface area contributed by atoms with Crippen LogP contribution < -0.4 is 16.2 Å². The van der Waals surface area contributed by atoms with Crippen molar-refractivity contribution in [3.63, 3.8) is 0 Å². The van der Waals surface area contributed by atoms with Gasteiger partial charge in [-0.1, -0.05) is 91.0 Å². The number of benzene rings is 3. The lowest BCUT2D eigenvalue weighted by atomic mass is 10.0. The lowest BCUT2D eigenvalue weighted by Crippen LogP contribution is -2.42. The van der Waals surface area contributed by atoms with Gasteiger partial charge in [0.15, 0.2) is 0 Å². The van der Waals surface area contributed by atoms with Gasteiger partial charge in [-0.15, -0.1) is 0 Å². The zero-order chi connectivity index (χ0) is 30.8. The molecule has 0 spiro atoms. The SMILES string of the molecule is COC(=O)CC(NC(=O)OC(C)(C)C)c1ccccc1.O=C(NNC(=O)OCc1ccccc1)OCc1ccccc1. The minimum Gasteiger partial charge on any atom is -0.469 e. The quantitative estimate of drug-likeness (QED) is 0.179. The number of carbonyl (C=O) groups is 4. The molecule has 0 aromatic heterocycles. The molecule has 224 valence electrons. The molecule has 0 aliphatic heterocycles. The van der Waals surface area contributed by atoms with Crippen molar-refractivity contribution in [2.75, 3.05) is 7.11 Å². The lowest BCUT2D eigenvalue weighted by Gasteiger charge is -2.23. The van der Waals surface area contributed by atoms with Gasteiger partial charge in [-0.25, -0.2) is 25.2 Å². The number of hydrogen-bond acceptors (Lipinski definition) is 8. The van der Waals surface area contributed by atoms with E-state index in [2.05, 4.69) is 20.9 Å². The summed E-state index contributed by atoms with van der Waals surface area (Å²) in [7, 11) is 1.32. The first-order chi connectivity index (χ1) is 20.1. The second-order valence-corrected chi connectivity index (χ2v) is 9.76. The van der Waals surface area contributed by atoms with Crippen molar-refractivity contribution in [3.8, 4) is 0 Å². The van der Waals surface area contributed by atoms with Crippen LogP contribution in [0.25, 0.3) is 0 Å². The highest BCUT2D eigenvalue weighted by Crippen LogP contribution is 2.18. The zero-order valence-electron chi connectivity index (χ0n) is 24.1. The standard InChI is InChI=1S/C16H16N2O4.C15H21NO4/c19-15(21-11-13-7-3-1-4-8-13)17-18-16(20)22-12-14-9-5-2-6-10-14;1-15(2,3)20-14(18)16-12(10-13(17)19-4)11-8-6-5-7-9-11/h1-10H,11-12H2,(H,17,19)(H,18,20);5-9,12H,10H2,1-4H3,(H,16,18). The van der Waals surface area contributed by atoms with Gasteiger partial charge in [-0.3, -0.25) is 4.79 Å². The molecule has 11 heteroatoms. The second-order valence-electron chi connectivity index (χ2n) is 9.76. The van der Waals surface area contributed by atoms with E-state index < -0.39 is 35.9 Å². The molecule has 3 aromatic rings. The molecule has 42 heavy (non-hydrogen) atoms. The van der Waals surface area contributed by atoms with Gasteiger partial charge in [0.25, 0.3) is 0 Å². The van der Waals surface area contributed by atoms with Crippen LogP contribution in [0.4, 0.5) is 14.4 Å². The van der Waals surface area contributed by atoms with E-state index in [-0.39, 0.29) is 19.6 Å². The smallest absolute Gasteiger partial charge is 0.426 e. The van der Waals surface area contributed by atoms with Crippen LogP contribution >= 0.6 is 0 Å². The Labute approximate surface area is 245 Å². The van der Waals surface area contributed by atoms with Crippen LogP contribution in [-0.4, -0.2) is 37.0 Å². The van der Waals surface area contributed by atoms with Gasteiger partial charge < -0.3 is 24.3 Å². The highest BCUT2D eigenvalue weighted by molar-refractivity contribution is 5.74. The Morgan fingerprint density at radius 2 is 1.10 bits per heavy atom. The molecule has 0 bridgehead atoms. The van der Waals surface area contributed by atoms with Crippen molar-refractivity contribution in [1.29, 1.82) is 0 Å². The predicted molar refractivity (Wildman–Crippen MR) is 155 cm³/mol. The summed E-state index contributed by atoms with van der Waals surface area (Å²) in [5.41, 5.74) is 6.15. The Kier molecular flexibility index (Phi) is 13.9. The van der Waals surface area contributed by atoms with E-state index in [0.29, 0.717) is 0 Å². The predicted octanol–water partition coefficient (Wildman–Crippen LogP) is 5.57. The van der Waals surface area contributed by atoms with Gasteiger partial charge in [0.2, 0.25) is 0 Å². The van der Waals surface area contributed by atoms with E-state index in [1.807, 2.05) is 91.0 Å². The molecule has 11 nitrogen and oxygen atoms in total. The maximum atomic E-state index is 11.8. The lowest BCUT2D eigenvalue weighted by molar-refractivity contribution is -0.141. The van der Waals surface area contributed by atoms with Gasteiger partial charge in [0.05, 0.1) is 19.6 Å². The van der Waals surface area contributed by atoms with Crippen LogP contribution in [0.15, 0.2) is 91.0 Å². The van der Waals surface area contributed by atoms with E-state index >= 15 is 0 Å². The first kappa shape index (κ1) is 33.1. The molecule has 3 N–H and O–H groups in total. The number of rotatable bonds is 8. The molecular weight excluding hydrogens is 542 g/mol. The summed E-state index contributed by atoms with van der Waals surface area (Å²) < 4.78 is 19.7. The van der Waals surface area contributed by atoms with Crippen molar-refractivity contribution in [2.24, 2.45) is 0 Å². The monoisotopic (exact) mass is 579 g/mol. The Morgan fingerprint density at radius 1 is 0.667 bits per heavy atom. The third-order valence-electron chi connectivity index (χ3n) is 5.18. The largest absolute Gasteiger partial charge is 0.469 e. The van der Waals surface area contributed by atoms with Crippen molar-refractivity contribution in [2.45, 2.75) is 52.0 Å². The summed E-state index contributed by atoms with van der Waals surface area (Å²) in [5, 5.41) is 2.69. The number of nitrogens with one attached hydrogen (secondary N) is 3. The average molecular weight is 580 g/mol. The molecule has 0 saturated carbocycles. The number of esters is 1. The summed E-state index contributed by atoms with van der Waals surface area (Å²) in [5.74, 6) is -0.394. The average Bonchev–Trinajstić information content (AvgIpc) is 2.98. The zero-order valence-corrected chi connectivity index (χ0v) is 24.1. The van der Waals surface area contributed by atoms with Gasteiger partial charge in [0.1, 0.15) is 18.8 Å². The molecule has 0 saturated heterocycles. The minimum atomic E-state index is -0.763. The molecule has 1 atom stereocenters. The number of alkyl carbamates (subject to hydrolysis) is 1. The Bertz CT molecular complexity index is 1190. The van der Waals surface area contributed by atoms with Crippen LogP contribution in [0.2, 0.25) is 0 Å². The molecule has 3 amide bonds. The maximum absolute atomic E-state index is 11.8. The third kappa shape index (κ3) is 14.4. The fraction of sp³-hybridized carbons (Fsp3) is 0.290. The maximum Gasteiger partial charge on any atom is 0.426 e. The van der Waals surface area contributed by atoms with Gasteiger partial charge in [-0.2, -0.15) is 0 Å². The second kappa shape index (κ2) is 17.6. The first-order valence-electron chi connectivity index (χ1n) is 13.1. The number of ether oxygens (including phenoxy) is 4. The van der Waals surface area contributed by atoms with E-state index in [4.69, 9.17) is 14.2 Å². The van der Waals surface area contributed by atoms with Crippen molar-refractivity contribution < 1.29 is 38.1 Å². The number of hydrazine groups is 1. The number of methoxy groups -OCH3 is 1.